The van der Waals surface area contributed by atoms with Gasteiger partial charge in [0, 0.05) is 18.7 Å². The molecule has 5 aromatic rings. The lowest BCUT2D eigenvalue weighted by Crippen LogP contribution is -2.15. The van der Waals surface area contributed by atoms with E-state index in [1.165, 1.54) is 22.8 Å². The molecular formula is C24H20F2N8O. The Hall–Kier alpha value is -4.41. The van der Waals surface area contributed by atoms with E-state index in [1.807, 2.05) is 16.9 Å². The number of imidazole rings is 2. The van der Waals surface area contributed by atoms with Crippen LogP contribution in [0.1, 0.15) is 40.8 Å². The van der Waals surface area contributed by atoms with Crippen molar-refractivity contribution in [2.75, 3.05) is 0 Å². The molecule has 1 fully saturated rings. The monoisotopic (exact) mass is 474 g/mol. The molecule has 6 rings (SSSR count). The van der Waals surface area contributed by atoms with Crippen LogP contribution in [0, 0.1) is 11.6 Å². The van der Waals surface area contributed by atoms with Gasteiger partial charge in [0.15, 0.2) is 5.65 Å². The molecule has 0 spiro atoms. The summed E-state index contributed by atoms with van der Waals surface area (Å²) in [5, 5.41) is 9.27. The average Bonchev–Trinajstić information content (AvgIpc) is 3.22. The van der Waals surface area contributed by atoms with Gasteiger partial charge in [-0.1, -0.05) is 0 Å². The number of rotatable bonds is 7. The molecule has 1 aliphatic rings. The zero-order chi connectivity index (χ0) is 24.1. The molecule has 0 aliphatic heterocycles. The number of nitrogens with one attached hydrogen (secondary N) is 1. The summed E-state index contributed by atoms with van der Waals surface area (Å²) < 4.78 is 30.5. The first-order valence-corrected chi connectivity index (χ1v) is 11.2. The molecule has 1 aromatic carbocycles. The molecule has 35 heavy (non-hydrogen) atoms. The molecule has 0 bridgehead atoms. The molecule has 9 nitrogen and oxygen atoms in total. The second-order valence-electron chi connectivity index (χ2n) is 8.59. The number of aromatic nitrogens is 7. The van der Waals surface area contributed by atoms with Gasteiger partial charge in [-0.05, 0) is 55.2 Å². The molecule has 4 aromatic heterocycles. The Morgan fingerprint density at radius 2 is 1.86 bits per heavy atom. The van der Waals surface area contributed by atoms with Crippen LogP contribution in [0.5, 0.6) is 0 Å². The van der Waals surface area contributed by atoms with Crippen LogP contribution in [0.2, 0.25) is 0 Å². The van der Waals surface area contributed by atoms with E-state index < -0.39 is 17.5 Å². The van der Waals surface area contributed by atoms with Crippen molar-refractivity contribution in [3.63, 3.8) is 0 Å². The van der Waals surface area contributed by atoms with E-state index >= 15 is 0 Å². The third kappa shape index (κ3) is 4.05. The Bertz CT molecular complexity index is 1560. The van der Waals surface area contributed by atoms with Crippen molar-refractivity contribution in [1.29, 1.82) is 0 Å². The van der Waals surface area contributed by atoms with E-state index in [0.29, 0.717) is 58.7 Å². The predicted molar refractivity (Wildman–Crippen MR) is 122 cm³/mol. The second kappa shape index (κ2) is 8.12. The number of fused-ring (bicyclic) bond motifs is 1. The summed E-state index contributed by atoms with van der Waals surface area (Å²) in [6.07, 6.45) is 6.31. The summed E-state index contributed by atoms with van der Waals surface area (Å²) in [6.45, 7) is 0. The molecule has 11 heteroatoms. The van der Waals surface area contributed by atoms with E-state index in [2.05, 4.69) is 15.1 Å². The van der Waals surface area contributed by atoms with Crippen molar-refractivity contribution < 1.29 is 13.6 Å². The van der Waals surface area contributed by atoms with E-state index in [-0.39, 0.29) is 5.69 Å². The molecule has 0 atom stereocenters. The van der Waals surface area contributed by atoms with Crippen LogP contribution in [-0.4, -0.2) is 40.3 Å². The third-order valence-electron chi connectivity index (χ3n) is 5.97. The number of carbonyl (C=O) groups is 1. The lowest BCUT2D eigenvalue weighted by atomic mass is 10.1. The zero-order valence-electron chi connectivity index (χ0n) is 18.4. The standard InChI is InChI=1S/C24H20F2N8O/c25-14-9-13(10-15(26)11-14)1-5-20-29-22(23(30-20)18-7-8-33(31-18)16-2-3-16)17-4-6-21-28-12-19(24(27)35)34(21)32-17/h4,6-12,16H,1-3,5H2,(H2,27,35)(H,29,30). The number of halogens is 2. The molecular weight excluding hydrogens is 454 g/mol. The summed E-state index contributed by atoms with van der Waals surface area (Å²) in [6, 6.07) is 9.28. The second-order valence-corrected chi connectivity index (χ2v) is 8.59. The lowest BCUT2D eigenvalue weighted by Gasteiger charge is -2.02. The van der Waals surface area contributed by atoms with Crippen molar-refractivity contribution in [3.8, 4) is 22.8 Å². The maximum Gasteiger partial charge on any atom is 0.269 e. The molecule has 1 amide bonds. The summed E-state index contributed by atoms with van der Waals surface area (Å²) in [7, 11) is 0. The smallest absolute Gasteiger partial charge is 0.269 e. The summed E-state index contributed by atoms with van der Waals surface area (Å²) in [4.78, 5) is 24.0. The van der Waals surface area contributed by atoms with E-state index in [4.69, 9.17) is 15.8 Å². The fourth-order valence-electron chi connectivity index (χ4n) is 4.11. The van der Waals surface area contributed by atoms with Gasteiger partial charge in [0.05, 0.1) is 17.9 Å². The minimum absolute atomic E-state index is 0.158. The Labute approximate surface area is 197 Å². The number of hydrogen-bond acceptors (Lipinski definition) is 5. The number of benzene rings is 1. The van der Waals surface area contributed by atoms with E-state index in [1.54, 1.807) is 12.1 Å². The molecule has 1 aliphatic carbocycles. The Morgan fingerprint density at radius 3 is 2.60 bits per heavy atom. The first-order valence-electron chi connectivity index (χ1n) is 11.2. The Kier molecular flexibility index (Phi) is 4.90. The van der Waals surface area contributed by atoms with Gasteiger partial charge in [0.25, 0.3) is 5.91 Å². The van der Waals surface area contributed by atoms with Crippen LogP contribution in [-0.2, 0) is 12.8 Å². The molecule has 4 heterocycles. The van der Waals surface area contributed by atoms with Crippen molar-refractivity contribution in [2.24, 2.45) is 5.73 Å². The summed E-state index contributed by atoms with van der Waals surface area (Å²) >= 11 is 0. The highest BCUT2D eigenvalue weighted by Gasteiger charge is 2.26. The van der Waals surface area contributed by atoms with Crippen LogP contribution in [0.3, 0.4) is 0 Å². The highest BCUT2D eigenvalue weighted by molar-refractivity contribution is 5.91. The maximum atomic E-state index is 13.6. The zero-order valence-corrected chi connectivity index (χ0v) is 18.4. The first kappa shape index (κ1) is 21.1. The van der Waals surface area contributed by atoms with Gasteiger partial charge >= 0.3 is 0 Å². The summed E-state index contributed by atoms with van der Waals surface area (Å²) in [5.41, 5.74) is 9.03. The SMILES string of the molecule is NC(=O)c1cnc2ccc(-c3nc(CCc4cc(F)cc(F)c4)[nH]c3-c3ccn(C4CC4)n3)nn12. The van der Waals surface area contributed by atoms with Crippen LogP contribution >= 0.6 is 0 Å². The highest BCUT2D eigenvalue weighted by atomic mass is 19.1. The summed E-state index contributed by atoms with van der Waals surface area (Å²) in [5.74, 6) is -1.26. The topological polar surface area (TPSA) is 120 Å². The van der Waals surface area contributed by atoms with Gasteiger partial charge in [0.2, 0.25) is 0 Å². The molecule has 3 N–H and O–H groups in total. The molecule has 176 valence electrons. The molecule has 0 radical (unpaired) electrons. The van der Waals surface area contributed by atoms with Crippen molar-refractivity contribution in [3.05, 3.63) is 77.5 Å². The van der Waals surface area contributed by atoms with Crippen molar-refractivity contribution in [1.82, 2.24) is 34.3 Å². The number of nitrogens with two attached hydrogens (primary N) is 1. The van der Waals surface area contributed by atoms with Crippen LogP contribution in [0.4, 0.5) is 8.78 Å². The van der Waals surface area contributed by atoms with Crippen LogP contribution in [0.15, 0.2) is 48.8 Å². The van der Waals surface area contributed by atoms with Crippen LogP contribution in [0.25, 0.3) is 28.4 Å². The fourth-order valence-corrected chi connectivity index (χ4v) is 4.11. The van der Waals surface area contributed by atoms with E-state index in [0.717, 1.165) is 18.9 Å². The van der Waals surface area contributed by atoms with Crippen molar-refractivity contribution >= 4 is 11.6 Å². The largest absolute Gasteiger partial charge is 0.364 e. The molecule has 1 saturated carbocycles. The van der Waals surface area contributed by atoms with Crippen LogP contribution < -0.4 is 5.73 Å². The third-order valence-corrected chi connectivity index (χ3v) is 5.97. The Balaban J connectivity index is 1.40. The normalized spacial score (nSPS) is 13.5. The number of aromatic amines is 1. The number of H-pyrrole nitrogens is 1. The van der Waals surface area contributed by atoms with Crippen molar-refractivity contribution in [2.45, 2.75) is 31.7 Å². The minimum atomic E-state index is -0.643. The van der Waals surface area contributed by atoms with Gasteiger partial charge in [-0.3, -0.25) is 9.48 Å². The number of aryl methyl sites for hydroxylation is 2. The number of nitrogens with zero attached hydrogens (tertiary/aromatic N) is 6. The highest BCUT2D eigenvalue weighted by Crippen LogP contribution is 2.36. The number of primary amides is 1. The number of amides is 1. The molecule has 0 saturated heterocycles. The quantitative estimate of drug-likeness (QED) is 0.374. The maximum absolute atomic E-state index is 13.6. The Morgan fingerprint density at radius 1 is 1.06 bits per heavy atom. The van der Waals surface area contributed by atoms with Gasteiger partial charge in [-0.25, -0.2) is 23.3 Å². The fraction of sp³-hybridized carbons (Fsp3) is 0.208. The predicted octanol–water partition coefficient (Wildman–Crippen LogP) is 3.48. The average molecular weight is 474 g/mol. The number of hydrogen-bond donors (Lipinski definition) is 2. The van der Waals surface area contributed by atoms with Gasteiger partial charge in [0.1, 0.15) is 40.2 Å². The van der Waals surface area contributed by atoms with E-state index in [9.17, 15) is 13.6 Å². The van der Waals surface area contributed by atoms with Gasteiger partial charge in [-0.15, -0.1) is 0 Å². The first-order chi connectivity index (χ1) is 16.9. The molecule has 0 unspecified atom stereocenters. The minimum Gasteiger partial charge on any atom is -0.364 e. The lowest BCUT2D eigenvalue weighted by molar-refractivity contribution is 0.0993. The van der Waals surface area contributed by atoms with Gasteiger partial charge < -0.3 is 10.7 Å². The van der Waals surface area contributed by atoms with Gasteiger partial charge in [-0.2, -0.15) is 10.2 Å². The number of carbonyl (C=O) groups excluding carboxylic acids is 1.